The van der Waals surface area contributed by atoms with Gasteiger partial charge in [-0.05, 0) is 122 Å². The van der Waals surface area contributed by atoms with Crippen LogP contribution in [0, 0.1) is 0 Å². The molecule has 0 heterocycles. The van der Waals surface area contributed by atoms with Crippen LogP contribution in [0.1, 0.15) is 265 Å². The standard InChI is InChI=1S/C63H106O6/c1-4-7-10-13-16-19-22-25-28-31-34-37-40-43-46-49-52-55-61(64)67-58-60(69-63(66)57-54-51-48-45-42-39-36-33-30-27-24-21-18-15-12-9-6-3)59-68-62(65)56-53-50-47-44-41-38-35-32-29-26-23-20-17-14-11-8-5-2/h16,18-19,21,25-30,34,36-37,39,43,46,60H,4-15,17,20,22-24,31-33,35,38,40-42,44-45,47-59H2,1-3H3/b19-16-,21-18-,28-25-,29-26-,30-27-,37-34-,39-36-,46-43-/t60-/m1/s1. The minimum Gasteiger partial charge on any atom is -0.462 e. The van der Waals surface area contributed by atoms with Gasteiger partial charge in [-0.1, -0.05) is 221 Å². The highest BCUT2D eigenvalue weighted by Crippen LogP contribution is 2.14. The maximum absolute atomic E-state index is 12.8. The smallest absolute Gasteiger partial charge is 0.306 e. The first-order valence-electron chi connectivity index (χ1n) is 28.7. The first kappa shape index (κ1) is 65.3. The Morgan fingerprint density at radius 1 is 0.290 bits per heavy atom. The Kier molecular flexibility index (Phi) is 53.9. The lowest BCUT2D eigenvalue weighted by Gasteiger charge is -2.18. The highest BCUT2D eigenvalue weighted by atomic mass is 16.6. The highest BCUT2D eigenvalue weighted by Gasteiger charge is 2.19. The van der Waals surface area contributed by atoms with Crippen LogP contribution in [0.3, 0.4) is 0 Å². The molecular weight excluding hydrogens is 853 g/mol. The molecule has 0 spiro atoms. The number of unbranched alkanes of at least 4 members (excludes halogenated alkanes) is 24. The van der Waals surface area contributed by atoms with Gasteiger partial charge < -0.3 is 14.2 Å². The van der Waals surface area contributed by atoms with E-state index < -0.39 is 6.10 Å². The van der Waals surface area contributed by atoms with Crippen molar-refractivity contribution >= 4 is 17.9 Å². The van der Waals surface area contributed by atoms with Gasteiger partial charge in [-0.25, -0.2) is 0 Å². The van der Waals surface area contributed by atoms with Crippen molar-refractivity contribution in [2.24, 2.45) is 0 Å². The Morgan fingerprint density at radius 3 is 0.913 bits per heavy atom. The summed E-state index contributed by atoms with van der Waals surface area (Å²) in [5.41, 5.74) is 0. The van der Waals surface area contributed by atoms with Gasteiger partial charge in [0, 0.05) is 19.3 Å². The fourth-order valence-corrected chi connectivity index (χ4v) is 7.67. The molecule has 0 saturated heterocycles. The van der Waals surface area contributed by atoms with Crippen molar-refractivity contribution in [2.75, 3.05) is 13.2 Å². The molecule has 0 aliphatic carbocycles. The van der Waals surface area contributed by atoms with Crippen LogP contribution in [0.2, 0.25) is 0 Å². The third-order valence-corrected chi connectivity index (χ3v) is 12.0. The molecule has 0 unspecified atom stereocenters. The summed E-state index contributed by atoms with van der Waals surface area (Å²) in [5, 5.41) is 0. The molecule has 0 bridgehead atoms. The van der Waals surface area contributed by atoms with Crippen LogP contribution in [-0.4, -0.2) is 37.2 Å². The van der Waals surface area contributed by atoms with E-state index in [1.54, 1.807) is 0 Å². The topological polar surface area (TPSA) is 78.9 Å². The Morgan fingerprint density at radius 2 is 0.536 bits per heavy atom. The van der Waals surface area contributed by atoms with Gasteiger partial charge >= 0.3 is 17.9 Å². The van der Waals surface area contributed by atoms with Gasteiger partial charge in [-0.3, -0.25) is 14.4 Å². The maximum atomic E-state index is 12.8. The van der Waals surface area contributed by atoms with Crippen molar-refractivity contribution in [1.29, 1.82) is 0 Å². The van der Waals surface area contributed by atoms with Gasteiger partial charge in [-0.2, -0.15) is 0 Å². The zero-order valence-corrected chi connectivity index (χ0v) is 45.0. The van der Waals surface area contributed by atoms with Crippen molar-refractivity contribution in [3.05, 3.63) is 97.2 Å². The van der Waals surface area contributed by atoms with Crippen LogP contribution >= 0.6 is 0 Å². The molecule has 69 heavy (non-hydrogen) atoms. The molecule has 0 aromatic rings. The van der Waals surface area contributed by atoms with Crippen molar-refractivity contribution in [3.63, 3.8) is 0 Å². The van der Waals surface area contributed by atoms with E-state index in [1.807, 2.05) is 0 Å². The molecule has 0 rings (SSSR count). The van der Waals surface area contributed by atoms with Gasteiger partial charge in [0.2, 0.25) is 0 Å². The van der Waals surface area contributed by atoms with E-state index in [4.69, 9.17) is 14.2 Å². The molecule has 6 nitrogen and oxygen atoms in total. The zero-order valence-electron chi connectivity index (χ0n) is 45.0. The molecule has 394 valence electrons. The number of carbonyl (C=O) groups excluding carboxylic acids is 3. The summed E-state index contributed by atoms with van der Waals surface area (Å²) in [6.07, 6.45) is 75.4. The monoisotopic (exact) mass is 959 g/mol. The summed E-state index contributed by atoms with van der Waals surface area (Å²) in [7, 11) is 0. The number of rotatable bonds is 51. The number of carbonyl (C=O) groups is 3. The average Bonchev–Trinajstić information content (AvgIpc) is 3.35. The molecule has 0 aromatic heterocycles. The first-order chi connectivity index (χ1) is 34.0. The Hall–Kier alpha value is -3.67. The van der Waals surface area contributed by atoms with Gasteiger partial charge in [0.15, 0.2) is 6.10 Å². The minimum absolute atomic E-state index is 0.106. The van der Waals surface area contributed by atoms with Gasteiger partial charge in [0.05, 0.1) is 0 Å². The van der Waals surface area contributed by atoms with Crippen LogP contribution in [0.4, 0.5) is 0 Å². The second kappa shape index (κ2) is 56.9. The lowest BCUT2D eigenvalue weighted by Crippen LogP contribution is -2.30. The summed E-state index contributed by atoms with van der Waals surface area (Å²) >= 11 is 0. The molecule has 0 aromatic carbocycles. The van der Waals surface area contributed by atoms with E-state index in [9.17, 15) is 14.4 Å². The molecule has 1 atom stereocenters. The maximum Gasteiger partial charge on any atom is 0.306 e. The largest absolute Gasteiger partial charge is 0.462 e. The SMILES string of the molecule is CCCCC/C=C\C/C=C\C/C=C\C/C=C\CCCC(=O)OC[C@H](COC(=O)CCCCCCCCC/C=C\CCCCCCCC)OC(=O)CCCCCC/C=C\C/C=C\C/C=C\CCCCC. The Bertz CT molecular complexity index is 1380. The average molecular weight is 960 g/mol. The Labute approximate surface area is 426 Å². The predicted molar refractivity (Wildman–Crippen MR) is 297 cm³/mol. The van der Waals surface area contributed by atoms with Crippen molar-refractivity contribution in [1.82, 2.24) is 0 Å². The fraction of sp³-hybridized carbons (Fsp3) is 0.698. The molecule has 0 aliphatic rings. The van der Waals surface area contributed by atoms with Crippen LogP contribution < -0.4 is 0 Å². The van der Waals surface area contributed by atoms with Crippen LogP contribution in [0.5, 0.6) is 0 Å². The van der Waals surface area contributed by atoms with Gasteiger partial charge in [-0.15, -0.1) is 0 Å². The fourth-order valence-electron chi connectivity index (χ4n) is 7.67. The lowest BCUT2D eigenvalue weighted by atomic mass is 10.1. The van der Waals surface area contributed by atoms with Crippen LogP contribution in [-0.2, 0) is 28.6 Å². The summed E-state index contributed by atoms with van der Waals surface area (Å²) in [6.45, 7) is 6.52. The number of esters is 3. The molecule has 0 fully saturated rings. The van der Waals surface area contributed by atoms with E-state index in [-0.39, 0.29) is 44.0 Å². The minimum atomic E-state index is -0.814. The Balaban J connectivity index is 4.52. The quantitative estimate of drug-likeness (QED) is 0.0262. The zero-order chi connectivity index (χ0) is 50.0. The summed E-state index contributed by atoms with van der Waals surface area (Å²) in [5.74, 6) is -0.988. The third-order valence-electron chi connectivity index (χ3n) is 12.0. The van der Waals surface area contributed by atoms with E-state index in [2.05, 4.69) is 118 Å². The normalized spacial score (nSPS) is 12.8. The summed E-state index contributed by atoms with van der Waals surface area (Å²) in [6, 6.07) is 0. The second-order valence-electron chi connectivity index (χ2n) is 18.8. The highest BCUT2D eigenvalue weighted by molar-refractivity contribution is 5.71. The van der Waals surface area contributed by atoms with Crippen molar-refractivity contribution < 1.29 is 28.6 Å². The summed E-state index contributed by atoms with van der Waals surface area (Å²) in [4.78, 5) is 38.1. The molecule has 0 N–H and O–H groups in total. The second-order valence-corrected chi connectivity index (χ2v) is 18.8. The first-order valence-corrected chi connectivity index (χ1v) is 28.7. The number of hydrogen-bond acceptors (Lipinski definition) is 6. The lowest BCUT2D eigenvalue weighted by molar-refractivity contribution is -0.167. The number of ether oxygens (including phenoxy) is 3. The molecule has 6 heteroatoms. The third kappa shape index (κ3) is 55.1. The number of allylic oxidation sites excluding steroid dienone is 16. The van der Waals surface area contributed by atoms with E-state index >= 15 is 0 Å². The van der Waals surface area contributed by atoms with Crippen LogP contribution in [0.15, 0.2) is 97.2 Å². The molecular formula is C63H106O6. The molecule has 0 radical (unpaired) electrons. The van der Waals surface area contributed by atoms with Crippen LogP contribution in [0.25, 0.3) is 0 Å². The molecule has 0 amide bonds. The van der Waals surface area contributed by atoms with E-state index in [0.29, 0.717) is 12.8 Å². The van der Waals surface area contributed by atoms with Gasteiger partial charge in [0.25, 0.3) is 0 Å². The summed E-state index contributed by atoms with van der Waals surface area (Å²) < 4.78 is 16.8. The molecule has 0 saturated carbocycles. The van der Waals surface area contributed by atoms with Crippen molar-refractivity contribution in [2.45, 2.75) is 271 Å². The molecule has 0 aliphatic heterocycles. The van der Waals surface area contributed by atoms with E-state index in [1.165, 1.54) is 128 Å². The number of hydrogen-bond donors (Lipinski definition) is 0. The predicted octanol–water partition coefficient (Wildman–Crippen LogP) is 19.3. The van der Waals surface area contributed by atoms with E-state index in [0.717, 1.165) is 89.9 Å². The van der Waals surface area contributed by atoms with Gasteiger partial charge in [0.1, 0.15) is 13.2 Å². The van der Waals surface area contributed by atoms with Crippen molar-refractivity contribution in [3.8, 4) is 0 Å².